The Morgan fingerprint density at radius 1 is 0.792 bits per heavy atom. The number of carbonyl (C=O) groups is 6. The van der Waals surface area contributed by atoms with Crippen molar-refractivity contribution in [3.63, 3.8) is 0 Å². The van der Waals surface area contributed by atoms with Crippen LogP contribution in [0.5, 0.6) is 0 Å². The van der Waals surface area contributed by atoms with Gasteiger partial charge >= 0.3 is 0 Å². The van der Waals surface area contributed by atoms with Crippen molar-refractivity contribution in [1.29, 1.82) is 0 Å². The summed E-state index contributed by atoms with van der Waals surface area (Å²) in [6, 6.07) is -5.30. The van der Waals surface area contributed by atoms with Gasteiger partial charge in [-0.25, -0.2) is 10.8 Å². The standard InChI is InChI=1S/C29H53N13O6/c1-16(2)12-22(40-24(44)17(3)37-18(4)43)26(46)38-20(8-5-6-10-30)25(45)41-23(13-19-14-34-15-36-19)27(47)39-21(28(48)42-33)9-7-11-35-29(31)32/h14-17,20-23H,5-13,30,33H2,1-4H3,(H,34,36)(H,37,43)(H,38,46)(H,39,47)(H,40,44)(H,41,45)(H,42,48)(H4,31,32,35)/t17-,20-,21-,22-,23-/m0/s1. The van der Waals surface area contributed by atoms with Gasteiger partial charge in [-0.2, -0.15) is 0 Å². The number of aromatic amines is 1. The number of nitrogens with one attached hydrogen (secondary N) is 7. The van der Waals surface area contributed by atoms with Crippen molar-refractivity contribution in [3.8, 4) is 0 Å². The number of imidazole rings is 1. The number of unbranched alkanes of at least 4 members (excludes halogenated alkanes) is 1. The Kier molecular flexibility index (Phi) is 18.8. The first-order valence-corrected chi connectivity index (χ1v) is 15.9. The van der Waals surface area contributed by atoms with E-state index >= 15 is 0 Å². The van der Waals surface area contributed by atoms with Crippen molar-refractivity contribution in [2.75, 3.05) is 13.1 Å². The SMILES string of the molecule is CC(=O)N[C@@H](C)C(=O)N[C@@H](CC(C)C)C(=O)N[C@@H](CCCCN)C(=O)N[C@@H](Cc1cnc[nH]1)C(=O)N[C@@H](CCCN=C(N)N)C(=O)NN. The summed E-state index contributed by atoms with van der Waals surface area (Å²) >= 11 is 0. The van der Waals surface area contributed by atoms with Gasteiger partial charge in [0.1, 0.15) is 30.2 Å². The average molecular weight is 680 g/mol. The minimum absolute atomic E-state index is 0.0118. The summed E-state index contributed by atoms with van der Waals surface area (Å²) in [7, 11) is 0. The highest BCUT2D eigenvalue weighted by atomic mass is 16.2. The van der Waals surface area contributed by atoms with Crippen molar-refractivity contribution in [2.45, 2.75) is 103 Å². The molecule has 5 atom stereocenters. The van der Waals surface area contributed by atoms with Crippen molar-refractivity contribution < 1.29 is 28.8 Å². The number of hydrazine groups is 1. The number of hydrogen-bond acceptors (Lipinski definition) is 10. The molecule has 0 fully saturated rings. The summed E-state index contributed by atoms with van der Waals surface area (Å²) in [6.07, 6.45) is 4.80. The van der Waals surface area contributed by atoms with Crippen molar-refractivity contribution in [3.05, 3.63) is 18.2 Å². The first-order valence-electron chi connectivity index (χ1n) is 15.9. The zero-order valence-corrected chi connectivity index (χ0v) is 28.1. The Labute approximate surface area is 280 Å². The number of nitrogens with zero attached hydrogens (tertiary/aromatic N) is 2. The quantitative estimate of drug-likeness (QED) is 0.0143. The predicted octanol–water partition coefficient (Wildman–Crippen LogP) is -3.37. The normalized spacial score (nSPS) is 14.0. The summed E-state index contributed by atoms with van der Waals surface area (Å²) < 4.78 is 0. The molecule has 1 rings (SSSR count). The lowest BCUT2D eigenvalue weighted by molar-refractivity contribution is -0.135. The van der Waals surface area contributed by atoms with Crippen molar-refractivity contribution in [2.24, 2.45) is 34.0 Å². The molecule has 19 nitrogen and oxygen atoms in total. The molecule has 0 radical (unpaired) electrons. The molecule has 48 heavy (non-hydrogen) atoms. The number of carbonyl (C=O) groups excluding carboxylic acids is 6. The number of hydrogen-bond donors (Lipinski definition) is 11. The first-order chi connectivity index (χ1) is 22.7. The van der Waals surface area contributed by atoms with E-state index in [1.165, 1.54) is 26.4 Å². The number of nitrogens with two attached hydrogens (primary N) is 4. The van der Waals surface area contributed by atoms with Crippen LogP contribution in [0.4, 0.5) is 0 Å². The highest BCUT2D eigenvalue weighted by Gasteiger charge is 2.32. The molecule has 0 unspecified atom stereocenters. The molecule has 0 aromatic carbocycles. The van der Waals surface area contributed by atoms with Gasteiger partial charge in [-0.3, -0.25) is 39.2 Å². The molecule has 0 saturated carbocycles. The number of rotatable bonds is 22. The minimum Gasteiger partial charge on any atom is -0.370 e. The van der Waals surface area contributed by atoms with E-state index in [1.807, 2.05) is 19.3 Å². The average Bonchev–Trinajstić information content (AvgIpc) is 3.53. The molecule has 0 aliphatic carbocycles. The second kappa shape index (κ2) is 21.9. The van der Waals surface area contributed by atoms with E-state index in [0.29, 0.717) is 31.5 Å². The zero-order valence-electron chi connectivity index (χ0n) is 28.1. The Balaban J connectivity index is 3.23. The lowest BCUT2D eigenvalue weighted by Gasteiger charge is -2.27. The maximum atomic E-state index is 13.7. The second-order valence-electron chi connectivity index (χ2n) is 11.8. The molecule has 0 aliphatic rings. The van der Waals surface area contributed by atoms with Gasteiger partial charge in [-0.1, -0.05) is 13.8 Å². The molecule has 0 aliphatic heterocycles. The van der Waals surface area contributed by atoms with Crippen LogP contribution < -0.4 is 55.1 Å². The van der Waals surface area contributed by atoms with E-state index in [-0.39, 0.29) is 44.1 Å². The lowest BCUT2D eigenvalue weighted by Crippen LogP contribution is -2.59. The van der Waals surface area contributed by atoms with Gasteiger partial charge in [0.05, 0.1) is 6.33 Å². The molecule has 270 valence electrons. The van der Waals surface area contributed by atoms with E-state index in [9.17, 15) is 28.8 Å². The Bertz CT molecular complexity index is 1220. The molecule has 0 spiro atoms. The molecule has 15 N–H and O–H groups in total. The Morgan fingerprint density at radius 2 is 1.35 bits per heavy atom. The summed E-state index contributed by atoms with van der Waals surface area (Å²) in [5.41, 5.74) is 18.9. The highest BCUT2D eigenvalue weighted by molar-refractivity contribution is 5.96. The van der Waals surface area contributed by atoms with Crippen LogP contribution in [-0.2, 0) is 35.2 Å². The second-order valence-corrected chi connectivity index (χ2v) is 11.8. The summed E-state index contributed by atoms with van der Waals surface area (Å²) in [5.74, 6) is 1.58. The summed E-state index contributed by atoms with van der Waals surface area (Å²) in [5, 5.41) is 13.2. The summed E-state index contributed by atoms with van der Waals surface area (Å²) in [4.78, 5) is 88.1. The van der Waals surface area contributed by atoms with Crippen LogP contribution in [-0.4, -0.2) is 94.7 Å². The van der Waals surface area contributed by atoms with Crippen LogP contribution in [0, 0.1) is 5.92 Å². The number of aromatic nitrogens is 2. The lowest BCUT2D eigenvalue weighted by atomic mass is 10.0. The molecule has 0 saturated heterocycles. The van der Waals surface area contributed by atoms with E-state index < -0.39 is 65.7 Å². The largest absolute Gasteiger partial charge is 0.370 e. The molecule has 6 amide bonds. The third kappa shape index (κ3) is 16.2. The van der Waals surface area contributed by atoms with Gasteiger partial charge < -0.3 is 48.8 Å². The van der Waals surface area contributed by atoms with Crippen LogP contribution >= 0.6 is 0 Å². The molecular formula is C29H53N13O6. The van der Waals surface area contributed by atoms with Crippen LogP contribution in [0.2, 0.25) is 0 Å². The van der Waals surface area contributed by atoms with Gasteiger partial charge in [-0.15, -0.1) is 0 Å². The van der Waals surface area contributed by atoms with Gasteiger partial charge in [0.2, 0.25) is 29.5 Å². The van der Waals surface area contributed by atoms with E-state index in [4.69, 9.17) is 23.0 Å². The molecule has 1 aromatic heterocycles. The number of aliphatic imine (C=N–C) groups is 1. The number of amides is 6. The molecule has 1 heterocycles. The van der Waals surface area contributed by atoms with Crippen molar-refractivity contribution in [1.82, 2.24) is 42.0 Å². The minimum atomic E-state index is -1.21. The van der Waals surface area contributed by atoms with Crippen LogP contribution in [0.1, 0.15) is 71.9 Å². The van der Waals surface area contributed by atoms with Crippen LogP contribution in [0.15, 0.2) is 17.5 Å². The zero-order chi connectivity index (χ0) is 36.2. The van der Waals surface area contributed by atoms with Gasteiger partial charge in [0, 0.05) is 31.8 Å². The molecule has 0 bridgehead atoms. The third-order valence-corrected chi connectivity index (χ3v) is 7.07. The Morgan fingerprint density at radius 3 is 1.90 bits per heavy atom. The third-order valence-electron chi connectivity index (χ3n) is 7.07. The maximum absolute atomic E-state index is 13.7. The van der Waals surface area contributed by atoms with Crippen LogP contribution in [0.25, 0.3) is 0 Å². The fourth-order valence-electron chi connectivity index (χ4n) is 4.65. The van der Waals surface area contributed by atoms with Crippen LogP contribution in [0.3, 0.4) is 0 Å². The molecular weight excluding hydrogens is 626 g/mol. The highest BCUT2D eigenvalue weighted by Crippen LogP contribution is 2.10. The van der Waals surface area contributed by atoms with E-state index in [0.717, 1.165) is 0 Å². The first kappa shape index (κ1) is 41.2. The number of guanidine groups is 1. The van der Waals surface area contributed by atoms with Gasteiger partial charge in [0.15, 0.2) is 5.96 Å². The smallest absolute Gasteiger partial charge is 0.256 e. The number of H-pyrrole nitrogens is 1. The van der Waals surface area contributed by atoms with Gasteiger partial charge in [0.25, 0.3) is 5.91 Å². The van der Waals surface area contributed by atoms with E-state index in [1.54, 1.807) is 0 Å². The molecule has 19 heteroatoms. The van der Waals surface area contributed by atoms with Gasteiger partial charge in [-0.05, 0) is 57.9 Å². The maximum Gasteiger partial charge on any atom is 0.256 e. The topological polar surface area (TPSA) is 320 Å². The fraction of sp³-hybridized carbons (Fsp3) is 0.655. The Hall–Kier alpha value is -4.78. The van der Waals surface area contributed by atoms with E-state index in [2.05, 4.69) is 41.5 Å². The predicted molar refractivity (Wildman–Crippen MR) is 178 cm³/mol. The van der Waals surface area contributed by atoms with Crippen molar-refractivity contribution >= 4 is 41.4 Å². The monoisotopic (exact) mass is 679 g/mol. The molecule has 1 aromatic rings. The summed E-state index contributed by atoms with van der Waals surface area (Å²) in [6.45, 7) is 7.05. The fourth-order valence-corrected chi connectivity index (χ4v) is 4.65.